The molecule has 0 fully saturated rings. The van der Waals surface area contributed by atoms with Gasteiger partial charge in [-0.15, -0.1) is 0 Å². The van der Waals surface area contributed by atoms with Gasteiger partial charge in [-0.3, -0.25) is 0 Å². The molecule has 0 atom stereocenters. The number of hydrogen-bond acceptors (Lipinski definition) is 2. The fourth-order valence-electron chi connectivity index (χ4n) is 5.87. The molecule has 0 aromatic heterocycles. The molecule has 0 aliphatic heterocycles. The minimum Gasteiger partial charge on any atom is -0.311 e. The van der Waals surface area contributed by atoms with Gasteiger partial charge in [0.05, 0.1) is 16.7 Å². The molecule has 0 amide bonds. The van der Waals surface area contributed by atoms with Gasteiger partial charge in [0.25, 0.3) is 0 Å². The second-order valence-electron chi connectivity index (χ2n) is 11.2. The largest absolute Gasteiger partial charge is 0.311 e. The average molecular weight is 623 g/mol. The molecule has 2 heteroatoms. The predicted octanol–water partition coefficient (Wildman–Crippen LogP) is 13.1. The molecule has 8 rings (SSSR count). The van der Waals surface area contributed by atoms with Crippen molar-refractivity contribution in [3.63, 3.8) is 0 Å². The highest BCUT2D eigenvalue weighted by Crippen LogP contribution is 2.40. The van der Waals surface area contributed by atoms with Crippen LogP contribution in [0.5, 0.6) is 0 Å². The molecule has 0 aliphatic carbocycles. The summed E-state index contributed by atoms with van der Waals surface area (Å²) in [5, 5.41) is 1.77. The van der Waals surface area contributed by atoms with E-state index in [1.54, 1.807) is 17.0 Å². The van der Waals surface area contributed by atoms with Crippen LogP contribution in [0.25, 0.3) is 33.0 Å². The Balaban J connectivity index is 1.25. The number of fused-ring (bicyclic) bond motifs is 1. The molecule has 0 unspecified atom stereocenters. The number of rotatable bonds is 8. The maximum absolute atomic E-state index is 9.31. The molecule has 0 heterocycles. The fraction of sp³-hybridized carbons (Fsp3) is 0. The molecule has 228 valence electrons. The van der Waals surface area contributed by atoms with E-state index in [0.717, 1.165) is 27.8 Å². The van der Waals surface area contributed by atoms with Crippen LogP contribution in [0.15, 0.2) is 206 Å². The lowest BCUT2D eigenvalue weighted by Gasteiger charge is -2.27. The second kappa shape index (κ2) is 13.2. The zero-order valence-corrected chi connectivity index (χ0v) is 25.9. The molecule has 8 aromatic rings. The summed E-state index contributed by atoms with van der Waals surface area (Å²) in [5.41, 5.74) is 3.92. The average Bonchev–Trinajstić information content (AvgIpc) is 3.24. The molecule has 0 aliphatic rings. The highest BCUT2D eigenvalue weighted by atomic mass is 15.1. The first-order chi connectivity index (χ1) is 27.2. The number of para-hydroxylation sites is 3. The van der Waals surface area contributed by atoms with E-state index in [9.17, 15) is 5.48 Å². The Labute approximate surface area is 293 Å². The molecule has 2 nitrogen and oxygen atoms in total. The van der Waals surface area contributed by atoms with Crippen molar-refractivity contribution in [2.45, 2.75) is 0 Å². The molecule has 0 N–H and O–H groups in total. The topological polar surface area (TPSA) is 6.48 Å². The van der Waals surface area contributed by atoms with Crippen LogP contribution in [0.4, 0.5) is 34.1 Å². The first-order valence-electron chi connectivity index (χ1n) is 19.7. The zero-order valence-electron chi connectivity index (χ0n) is 33.9. The number of nitrogens with zero attached hydrogens (tertiary/aromatic N) is 2. The molecule has 0 bridgehead atoms. The lowest BCUT2D eigenvalue weighted by atomic mass is 9.99. The third-order valence-corrected chi connectivity index (χ3v) is 8.18. The van der Waals surface area contributed by atoms with Gasteiger partial charge in [0.15, 0.2) is 0 Å². The van der Waals surface area contributed by atoms with E-state index >= 15 is 0 Å². The maximum Gasteiger partial charge on any atom is 0.0645 e. The minimum atomic E-state index is -0.470. The lowest BCUT2D eigenvalue weighted by Crippen LogP contribution is -2.10. The summed E-state index contributed by atoms with van der Waals surface area (Å²) in [7, 11) is 0. The summed E-state index contributed by atoms with van der Waals surface area (Å²) >= 11 is 0. The quantitative estimate of drug-likeness (QED) is 0.166. The molecule has 0 saturated carbocycles. The summed E-state index contributed by atoms with van der Waals surface area (Å²) in [6.45, 7) is 0. The molecule has 0 radical (unpaired) electrons. The smallest absolute Gasteiger partial charge is 0.0645 e. The number of anilines is 6. The molecule has 0 spiro atoms. The Kier molecular flexibility index (Phi) is 5.87. The van der Waals surface area contributed by atoms with Crippen molar-refractivity contribution in [3.05, 3.63) is 206 Å². The van der Waals surface area contributed by atoms with Crippen LogP contribution in [-0.4, -0.2) is 0 Å². The van der Waals surface area contributed by atoms with Gasteiger partial charge in [0, 0.05) is 33.8 Å². The van der Waals surface area contributed by atoms with E-state index < -0.39 is 24.2 Å². The summed E-state index contributed by atoms with van der Waals surface area (Å²) in [6, 6.07) is 46.3. The summed E-state index contributed by atoms with van der Waals surface area (Å²) < 4.78 is 73.6. The van der Waals surface area contributed by atoms with Crippen molar-refractivity contribution >= 4 is 44.9 Å². The summed E-state index contributed by atoms with van der Waals surface area (Å²) in [5.74, 6) is 0. The third-order valence-electron chi connectivity index (χ3n) is 8.18. The highest BCUT2D eigenvalue weighted by molar-refractivity contribution is 5.99. The van der Waals surface area contributed by atoms with E-state index in [1.165, 1.54) is 0 Å². The van der Waals surface area contributed by atoms with Crippen LogP contribution in [0.3, 0.4) is 0 Å². The molecule has 48 heavy (non-hydrogen) atoms. The van der Waals surface area contributed by atoms with Crippen LogP contribution >= 0.6 is 0 Å². The Morgan fingerprint density at radius 2 is 0.708 bits per heavy atom. The molecular weight excluding hydrogens is 581 g/mol. The Morgan fingerprint density at radius 1 is 0.292 bits per heavy atom. The minimum absolute atomic E-state index is 0.00156. The Morgan fingerprint density at radius 3 is 1.27 bits per heavy atom. The van der Waals surface area contributed by atoms with Crippen LogP contribution < -0.4 is 9.80 Å². The van der Waals surface area contributed by atoms with Crippen molar-refractivity contribution in [2.75, 3.05) is 9.80 Å². The fourth-order valence-corrected chi connectivity index (χ4v) is 5.87. The lowest BCUT2D eigenvalue weighted by molar-refractivity contribution is 1.28. The van der Waals surface area contributed by atoms with Crippen LogP contribution in [0, 0.1) is 0 Å². The van der Waals surface area contributed by atoms with E-state index in [2.05, 4.69) is 4.90 Å². The predicted molar refractivity (Wildman–Crippen MR) is 204 cm³/mol. The number of hydrogen-bond donors (Lipinski definition) is 0. The monoisotopic (exact) mass is 622 g/mol. The normalized spacial score (nSPS) is 13.2. The van der Waals surface area contributed by atoms with Gasteiger partial charge in [0.1, 0.15) is 0 Å². The molecule has 0 saturated heterocycles. The van der Waals surface area contributed by atoms with Gasteiger partial charge < -0.3 is 9.80 Å². The first-order valence-corrected chi connectivity index (χ1v) is 15.7. The molecular formula is C46H34N2. The molecule has 8 aromatic carbocycles. The van der Waals surface area contributed by atoms with Crippen LogP contribution in [0.2, 0.25) is 0 Å². The highest BCUT2D eigenvalue weighted by Gasteiger charge is 2.15. The number of benzene rings is 8. The van der Waals surface area contributed by atoms with E-state index in [4.69, 9.17) is 5.48 Å². The van der Waals surface area contributed by atoms with Gasteiger partial charge in [-0.25, -0.2) is 0 Å². The van der Waals surface area contributed by atoms with E-state index in [0.29, 0.717) is 16.9 Å². The van der Waals surface area contributed by atoms with E-state index in [1.807, 2.05) is 146 Å². The standard InChI is InChI=1S/C46H34N2/c1-4-15-40(16-5-1)47(41-17-6-2-7-18-41)43-31-27-37(28-32-43)35-23-25-36(26-24-35)38-29-33-44(34-30-38)48(42-19-8-3-9-20-42)46-22-12-14-39-13-10-11-21-45(39)46/h1-34H/i23D,24D,25D,26D,29D,30D,33D,34D. The third kappa shape index (κ3) is 5.84. The van der Waals surface area contributed by atoms with Crippen molar-refractivity contribution < 1.29 is 11.0 Å². The van der Waals surface area contributed by atoms with Crippen molar-refractivity contribution in [1.82, 2.24) is 0 Å². The Hall–Kier alpha value is -6.38. The van der Waals surface area contributed by atoms with Gasteiger partial charge in [-0.1, -0.05) is 139 Å². The second-order valence-corrected chi connectivity index (χ2v) is 11.2. The van der Waals surface area contributed by atoms with Crippen molar-refractivity contribution in [1.29, 1.82) is 0 Å². The first kappa shape index (κ1) is 21.4. The summed E-state index contributed by atoms with van der Waals surface area (Å²) in [6.07, 6.45) is 0. The summed E-state index contributed by atoms with van der Waals surface area (Å²) in [4.78, 5) is 3.78. The van der Waals surface area contributed by atoms with Gasteiger partial charge in [-0.05, 0) is 94.3 Å². The van der Waals surface area contributed by atoms with Gasteiger partial charge >= 0.3 is 0 Å². The van der Waals surface area contributed by atoms with Gasteiger partial charge in [-0.2, -0.15) is 0 Å². The van der Waals surface area contributed by atoms with Crippen molar-refractivity contribution in [3.8, 4) is 22.3 Å². The van der Waals surface area contributed by atoms with Gasteiger partial charge in [0.2, 0.25) is 0 Å². The van der Waals surface area contributed by atoms with Crippen molar-refractivity contribution in [2.24, 2.45) is 0 Å². The van der Waals surface area contributed by atoms with E-state index in [-0.39, 0.29) is 46.5 Å². The Bertz CT molecular complexity index is 2620. The van der Waals surface area contributed by atoms with Crippen LogP contribution in [-0.2, 0) is 0 Å². The zero-order chi connectivity index (χ0) is 39.1. The maximum atomic E-state index is 9.31. The SMILES string of the molecule is [2H]c1c([2H])c(-c2c([2H])c([2H])c(N(c3ccccc3)c3cccc4ccccc34)c([2H])c2[2H])c([2H])c([2H])c1-c1ccc(N(c2ccccc2)c2ccccc2)cc1. The van der Waals surface area contributed by atoms with Crippen LogP contribution in [0.1, 0.15) is 11.0 Å².